The van der Waals surface area contributed by atoms with Crippen LogP contribution in [0.25, 0.3) is 11.4 Å². The Morgan fingerprint density at radius 2 is 1.96 bits per heavy atom. The molecule has 0 fully saturated rings. The Balaban J connectivity index is 1.97. The summed E-state index contributed by atoms with van der Waals surface area (Å²) in [6.07, 6.45) is 2.65. The molecule has 0 bridgehead atoms. The van der Waals surface area contributed by atoms with E-state index < -0.39 is 5.82 Å². The number of halogens is 2. The highest BCUT2D eigenvalue weighted by Gasteiger charge is 2.10. The Kier molecular flexibility index (Phi) is 5.63. The molecule has 2 aromatic heterocycles. The van der Waals surface area contributed by atoms with E-state index in [4.69, 9.17) is 11.6 Å². The first-order valence-corrected chi connectivity index (χ1v) is 8.72. The van der Waals surface area contributed by atoms with Crippen molar-refractivity contribution in [2.45, 2.75) is 26.3 Å². The van der Waals surface area contributed by atoms with Gasteiger partial charge in [-0.05, 0) is 43.7 Å². The molecule has 26 heavy (non-hydrogen) atoms. The summed E-state index contributed by atoms with van der Waals surface area (Å²) in [4.78, 5) is 13.4. The lowest BCUT2D eigenvalue weighted by Gasteiger charge is -2.14. The zero-order chi connectivity index (χ0) is 18.5. The third kappa shape index (κ3) is 4.46. The Labute approximate surface area is 156 Å². The second kappa shape index (κ2) is 8.10. The molecule has 3 rings (SSSR count). The average Bonchev–Trinajstić information content (AvgIpc) is 2.65. The fourth-order valence-corrected chi connectivity index (χ4v) is 2.45. The van der Waals surface area contributed by atoms with Crippen molar-refractivity contribution in [1.29, 1.82) is 0 Å². The Bertz CT molecular complexity index is 888. The van der Waals surface area contributed by atoms with E-state index in [1.165, 1.54) is 12.1 Å². The maximum absolute atomic E-state index is 13.4. The van der Waals surface area contributed by atoms with Crippen molar-refractivity contribution in [3.8, 4) is 11.4 Å². The van der Waals surface area contributed by atoms with Gasteiger partial charge in [-0.1, -0.05) is 24.6 Å². The van der Waals surface area contributed by atoms with Gasteiger partial charge in [0, 0.05) is 24.0 Å². The predicted octanol–water partition coefficient (Wildman–Crippen LogP) is 5.29. The molecule has 0 aliphatic heterocycles. The molecule has 7 heteroatoms. The van der Waals surface area contributed by atoms with E-state index in [1.54, 1.807) is 18.3 Å². The van der Waals surface area contributed by atoms with Crippen LogP contribution in [0.1, 0.15) is 20.3 Å². The normalized spacial score (nSPS) is 11.8. The van der Waals surface area contributed by atoms with E-state index in [1.807, 2.05) is 18.2 Å². The van der Waals surface area contributed by atoms with Gasteiger partial charge in [0.15, 0.2) is 0 Å². The van der Waals surface area contributed by atoms with Crippen molar-refractivity contribution in [2.24, 2.45) is 0 Å². The van der Waals surface area contributed by atoms with Gasteiger partial charge in [-0.2, -0.15) is 4.98 Å². The summed E-state index contributed by atoms with van der Waals surface area (Å²) in [7, 11) is 0. The fourth-order valence-electron chi connectivity index (χ4n) is 2.27. The van der Waals surface area contributed by atoms with Crippen molar-refractivity contribution in [3.63, 3.8) is 0 Å². The quantitative estimate of drug-likeness (QED) is 0.616. The van der Waals surface area contributed by atoms with Gasteiger partial charge < -0.3 is 10.6 Å². The first-order valence-electron chi connectivity index (χ1n) is 8.34. The summed E-state index contributed by atoms with van der Waals surface area (Å²) in [5.41, 5.74) is 2.06. The summed E-state index contributed by atoms with van der Waals surface area (Å²) in [6.45, 7) is 4.14. The van der Waals surface area contributed by atoms with Crippen molar-refractivity contribution in [1.82, 2.24) is 15.0 Å². The molecule has 0 amide bonds. The van der Waals surface area contributed by atoms with Gasteiger partial charge in [0.25, 0.3) is 0 Å². The molecule has 3 aromatic rings. The number of rotatable bonds is 6. The van der Waals surface area contributed by atoms with Gasteiger partial charge in [0.05, 0.1) is 16.4 Å². The molecular weight excluding hydrogens is 353 g/mol. The maximum atomic E-state index is 13.4. The summed E-state index contributed by atoms with van der Waals surface area (Å²) < 4.78 is 13.4. The number of hydrogen-bond donors (Lipinski definition) is 2. The van der Waals surface area contributed by atoms with E-state index in [9.17, 15) is 4.39 Å². The van der Waals surface area contributed by atoms with Crippen LogP contribution in [-0.4, -0.2) is 21.0 Å². The van der Waals surface area contributed by atoms with E-state index in [0.29, 0.717) is 23.1 Å². The minimum Gasteiger partial charge on any atom is -0.352 e. The van der Waals surface area contributed by atoms with Crippen LogP contribution in [0.3, 0.4) is 0 Å². The van der Waals surface area contributed by atoms with Gasteiger partial charge >= 0.3 is 0 Å². The highest BCUT2D eigenvalue weighted by atomic mass is 35.5. The monoisotopic (exact) mass is 371 g/mol. The number of pyridine rings is 1. The first kappa shape index (κ1) is 18.1. The molecule has 0 saturated carbocycles. The number of benzene rings is 1. The lowest BCUT2D eigenvalue weighted by molar-refractivity contribution is 0.628. The van der Waals surface area contributed by atoms with Crippen LogP contribution in [0.2, 0.25) is 5.02 Å². The maximum Gasteiger partial charge on any atom is 0.225 e. The number of nitrogens with zero attached hydrogens (tertiary/aromatic N) is 3. The summed E-state index contributed by atoms with van der Waals surface area (Å²) in [5, 5.41) is 6.46. The molecule has 2 N–H and O–H groups in total. The molecule has 1 aromatic carbocycles. The predicted molar refractivity (Wildman–Crippen MR) is 103 cm³/mol. The van der Waals surface area contributed by atoms with Crippen molar-refractivity contribution < 1.29 is 4.39 Å². The average molecular weight is 372 g/mol. The van der Waals surface area contributed by atoms with E-state index in [-0.39, 0.29) is 11.1 Å². The Hall–Kier alpha value is -2.73. The Morgan fingerprint density at radius 1 is 1.12 bits per heavy atom. The SMILES string of the molecule is CC[C@H](C)Nc1nc(Nc2ccc(F)c(Cl)c2)cc(-c2ccccn2)n1. The van der Waals surface area contributed by atoms with Gasteiger partial charge in [0.1, 0.15) is 11.6 Å². The van der Waals surface area contributed by atoms with Gasteiger partial charge in [0.2, 0.25) is 5.95 Å². The minimum atomic E-state index is -0.465. The van der Waals surface area contributed by atoms with Crippen molar-refractivity contribution in [3.05, 3.63) is 59.5 Å². The van der Waals surface area contributed by atoms with Crippen LogP contribution < -0.4 is 10.6 Å². The highest BCUT2D eigenvalue weighted by Crippen LogP contribution is 2.25. The van der Waals surface area contributed by atoms with Crippen LogP contribution in [0.5, 0.6) is 0 Å². The van der Waals surface area contributed by atoms with Crippen LogP contribution >= 0.6 is 11.6 Å². The molecular formula is C19H19ClFN5. The molecule has 0 spiro atoms. The summed E-state index contributed by atoms with van der Waals surface area (Å²) >= 11 is 5.86. The standard InChI is InChI=1S/C19H19ClFN5/c1-3-12(2)23-19-25-17(16-6-4-5-9-22-16)11-18(26-19)24-13-7-8-15(21)14(20)10-13/h4-12H,3H2,1-2H3,(H2,23,24,25,26)/t12-/m0/s1. The van der Waals surface area contributed by atoms with E-state index in [0.717, 1.165) is 12.1 Å². The molecule has 0 aliphatic carbocycles. The topological polar surface area (TPSA) is 62.7 Å². The molecule has 5 nitrogen and oxygen atoms in total. The fraction of sp³-hybridized carbons (Fsp3) is 0.211. The number of hydrogen-bond acceptors (Lipinski definition) is 5. The zero-order valence-corrected chi connectivity index (χ0v) is 15.3. The van der Waals surface area contributed by atoms with Crippen LogP contribution in [-0.2, 0) is 0 Å². The minimum absolute atomic E-state index is 0.0481. The molecule has 0 saturated heterocycles. The smallest absolute Gasteiger partial charge is 0.225 e. The van der Waals surface area contributed by atoms with Crippen LogP contribution in [0.4, 0.5) is 21.8 Å². The van der Waals surface area contributed by atoms with E-state index in [2.05, 4.69) is 39.4 Å². The zero-order valence-electron chi connectivity index (χ0n) is 14.5. The van der Waals surface area contributed by atoms with Crippen molar-refractivity contribution >= 4 is 29.1 Å². The molecule has 0 unspecified atom stereocenters. The van der Waals surface area contributed by atoms with Crippen LogP contribution in [0.15, 0.2) is 48.7 Å². The lowest BCUT2D eigenvalue weighted by atomic mass is 10.2. The van der Waals surface area contributed by atoms with E-state index >= 15 is 0 Å². The van der Waals surface area contributed by atoms with Crippen LogP contribution in [0, 0.1) is 5.82 Å². The molecule has 0 radical (unpaired) electrons. The molecule has 134 valence electrons. The second-order valence-corrected chi connectivity index (χ2v) is 6.29. The number of nitrogens with one attached hydrogen (secondary N) is 2. The third-order valence-electron chi connectivity index (χ3n) is 3.83. The first-order chi connectivity index (χ1) is 12.5. The molecule has 0 aliphatic rings. The number of aromatic nitrogens is 3. The second-order valence-electron chi connectivity index (χ2n) is 5.88. The van der Waals surface area contributed by atoms with Gasteiger partial charge in [-0.3, -0.25) is 4.98 Å². The van der Waals surface area contributed by atoms with Gasteiger partial charge in [-0.15, -0.1) is 0 Å². The third-order valence-corrected chi connectivity index (χ3v) is 4.12. The number of anilines is 3. The summed E-state index contributed by atoms with van der Waals surface area (Å²) in [5.74, 6) is 0.598. The highest BCUT2D eigenvalue weighted by molar-refractivity contribution is 6.31. The molecule has 1 atom stereocenters. The lowest BCUT2D eigenvalue weighted by Crippen LogP contribution is -2.16. The van der Waals surface area contributed by atoms with Gasteiger partial charge in [-0.25, -0.2) is 9.37 Å². The van der Waals surface area contributed by atoms with Crippen molar-refractivity contribution in [2.75, 3.05) is 10.6 Å². The molecule has 2 heterocycles. The largest absolute Gasteiger partial charge is 0.352 e. The summed E-state index contributed by atoms with van der Waals surface area (Å²) in [6, 6.07) is 12.1. The Morgan fingerprint density at radius 3 is 2.65 bits per heavy atom.